The van der Waals surface area contributed by atoms with Gasteiger partial charge in [-0.25, -0.2) is 19.6 Å². The molecule has 0 bridgehead atoms. The van der Waals surface area contributed by atoms with Gasteiger partial charge in [-0.15, -0.1) is 11.3 Å². The van der Waals surface area contributed by atoms with E-state index in [1.165, 1.54) is 11.3 Å². The number of nitrogens with zero attached hydrogens (tertiary/aromatic N) is 2. The van der Waals surface area contributed by atoms with Crippen molar-refractivity contribution < 1.29 is 32.7 Å². The van der Waals surface area contributed by atoms with Crippen LogP contribution in [0.25, 0.3) is 33.9 Å². The van der Waals surface area contributed by atoms with Crippen LogP contribution in [0.2, 0.25) is 0 Å². The van der Waals surface area contributed by atoms with E-state index in [0.29, 0.717) is 44.5 Å². The monoisotopic (exact) mass is 613 g/mol. The standard InChI is InChI=1S/C33H31N3O7S/c1-3-23(30(37)36-31-27(33(39)40-4-2)20-10-6-5-7-13-26(20)44-31)43-32(38)19-14-15-21-22(18-19)35-29(25-12-9-17-42-25)28(34-21)24-11-8-16-41-24/h8-9,11-12,14-18,23H,3-7,10,13H2,1-2H3,(H,36,37). The fraction of sp³-hybridized carbons (Fsp3) is 0.303. The Morgan fingerprint density at radius 1 is 0.909 bits per heavy atom. The zero-order valence-electron chi connectivity index (χ0n) is 24.4. The summed E-state index contributed by atoms with van der Waals surface area (Å²) in [6.07, 6.45) is 6.96. The van der Waals surface area contributed by atoms with E-state index in [9.17, 15) is 14.4 Å². The Hall–Kier alpha value is -4.77. The normalized spacial score (nSPS) is 13.6. The second-order valence-electron chi connectivity index (χ2n) is 10.4. The zero-order valence-corrected chi connectivity index (χ0v) is 25.2. The Morgan fingerprint density at radius 2 is 1.61 bits per heavy atom. The molecule has 11 heteroatoms. The molecule has 0 radical (unpaired) electrons. The molecule has 1 unspecified atom stereocenters. The van der Waals surface area contributed by atoms with E-state index in [0.717, 1.165) is 42.5 Å². The van der Waals surface area contributed by atoms with E-state index in [-0.39, 0.29) is 18.6 Å². The van der Waals surface area contributed by atoms with E-state index in [4.69, 9.17) is 28.3 Å². The zero-order chi connectivity index (χ0) is 30.6. The number of fused-ring (bicyclic) bond motifs is 2. The van der Waals surface area contributed by atoms with Crippen LogP contribution in [-0.2, 0) is 27.1 Å². The highest BCUT2D eigenvalue weighted by atomic mass is 32.1. The Bertz CT molecular complexity index is 1810. The van der Waals surface area contributed by atoms with Crippen molar-refractivity contribution in [3.05, 3.63) is 76.6 Å². The molecule has 226 valence electrons. The third-order valence-corrected chi connectivity index (χ3v) is 8.67. The highest BCUT2D eigenvalue weighted by Crippen LogP contribution is 2.38. The lowest BCUT2D eigenvalue weighted by atomic mass is 10.1. The molecule has 1 aliphatic rings. The minimum Gasteiger partial charge on any atom is -0.463 e. The second-order valence-corrected chi connectivity index (χ2v) is 11.5. The molecule has 1 atom stereocenters. The predicted octanol–water partition coefficient (Wildman–Crippen LogP) is 7.23. The molecule has 4 heterocycles. The first-order chi connectivity index (χ1) is 21.5. The topological polar surface area (TPSA) is 134 Å². The average Bonchev–Trinajstić information content (AvgIpc) is 3.79. The van der Waals surface area contributed by atoms with Crippen molar-refractivity contribution in [2.75, 3.05) is 11.9 Å². The number of aromatic nitrogens is 2. The van der Waals surface area contributed by atoms with Gasteiger partial charge in [-0.1, -0.05) is 13.3 Å². The molecule has 10 nitrogen and oxygen atoms in total. The summed E-state index contributed by atoms with van der Waals surface area (Å²) in [4.78, 5) is 50.1. The van der Waals surface area contributed by atoms with Crippen molar-refractivity contribution in [3.8, 4) is 22.9 Å². The van der Waals surface area contributed by atoms with Gasteiger partial charge in [0.25, 0.3) is 5.91 Å². The SMILES string of the molecule is CCOC(=O)c1c(NC(=O)C(CC)OC(=O)c2ccc3nc(-c4ccco4)c(-c4ccco4)nc3c2)sc2c1CCCCC2. The van der Waals surface area contributed by atoms with Crippen molar-refractivity contribution in [2.45, 2.75) is 58.5 Å². The number of amides is 1. The molecule has 0 fully saturated rings. The average molecular weight is 614 g/mol. The van der Waals surface area contributed by atoms with E-state index in [1.807, 2.05) is 0 Å². The fourth-order valence-electron chi connectivity index (χ4n) is 5.31. The summed E-state index contributed by atoms with van der Waals surface area (Å²) < 4.78 is 22.2. The molecular formula is C33H31N3O7S. The quantitative estimate of drug-likeness (QED) is 0.135. The van der Waals surface area contributed by atoms with Crippen LogP contribution >= 0.6 is 11.3 Å². The molecule has 0 aliphatic heterocycles. The van der Waals surface area contributed by atoms with Gasteiger partial charge in [0.15, 0.2) is 17.6 Å². The third kappa shape index (κ3) is 5.87. The summed E-state index contributed by atoms with van der Waals surface area (Å²) in [5, 5.41) is 3.31. The number of thiophene rings is 1. The van der Waals surface area contributed by atoms with Gasteiger partial charge in [0, 0.05) is 4.88 Å². The number of esters is 2. The van der Waals surface area contributed by atoms with E-state index in [1.54, 1.807) is 68.8 Å². The molecule has 4 aromatic heterocycles. The number of rotatable bonds is 9. The molecule has 0 spiro atoms. The van der Waals surface area contributed by atoms with Gasteiger partial charge >= 0.3 is 11.9 Å². The molecule has 1 amide bonds. The van der Waals surface area contributed by atoms with Gasteiger partial charge < -0.3 is 23.6 Å². The van der Waals surface area contributed by atoms with Crippen molar-refractivity contribution in [2.24, 2.45) is 0 Å². The van der Waals surface area contributed by atoms with Crippen LogP contribution in [0.5, 0.6) is 0 Å². The molecular weight excluding hydrogens is 582 g/mol. The number of aryl methyl sites for hydroxylation is 1. The molecule has 1 aromatic carbocycles. The molecule has 5 aromatic rings. The maximum Gasteiger partial charge on any atom is 0.341 e. The van der Waals surface area contributed by atoms with E-state index in [2.05, 4.69) is 5.32 Å². The van der Waals surface area contributed by atoms with Crippen molar-refractivity contribution >= 4 is 45.2 Å². The van der Waals surface area contributed by atoms with Crippen LogP contribution < -0.4 is 5.32 Å². The summed E-state index contributed by atoms with van der Waals surface area (Å²) in [5.41, 5.74) is 3.52. The number of ether oxygens (including phenoxy) is 2. The molecule has 1 N–H and O–H groups in total. The molecule has 6 rings (SSSR count). The van der Waals surface area contributed by atoms with E-state index >= 15 is 0 Å². The summed E-state index contributed by atoms with van der Waals surface area (Å²) in [5.74, 6) is -0.618. The first-order valence-corrected chi connectivity index (χ1v) is 15.5. The van der Waals surface area contributed by atoms with Gasteiger partial charge in [0.05, 0.1) is 41.3 Å². The summed E-state index contributed by atoms with van der Waals surface area (Å²) >= 11 is 1.40. The molecule has 1 aliphatic carbocycles. The molecule has 0 saturated carbocycles. The van der Waals surface area contributed by atoms with Crippen LogP contribution in [0.15, 0.2) is 63.8 Å². The number of carbonyl (C=O) groups excluding carboxylic acids is 3. The number of benzene rings is 1. The van der Waals surface area contributed by atoms with E-state index < -0.39 is 23.9 Å². The van der Waals surface area contributed by atoms with Crippen molar-refractivity contribution in [1.29, 1.82) is 0 Å². The lowest BCUT2D eigenvalue weighted by Gasteiger charge is -2.16. The van der Waals surface area contributed by atoms with Crippen molar-refractivity contribution in [1.82, 2.24) is 9.97 Å². The van der Waals surface area contributed by atoms with Gasteiger partial charge in [-0.05, 0) is 87.1 Å². The van der Waals surface area contributed by atoms with Gasteiger partial charge in [0.1, 0.15) is 16.4 Å². The van der Waals surface area contributed by atoms with Crippen LogP contribution in [0.4, 0.5) is 5.00 Å². The maximum atomic E-state index is 13.4. The molecule has 0 saturated heterocycles. The highest BCUT2D eigenvalue weighted by molar-refractivity contribution is 7.17. The largest absolute Gasteiger partial charge is 0.463 e. The first kappa shape index (κ1) is 29.3. The number of anilines is 1. The van der Waals surface area contributed by atoms with Crippen LogP contribution in [0.3, 0.4) is 0 Å². The smallest absolute Gasteiger partial charge is 0.341 e. The number of hydrogen-bond acceptors (Lipinski definition) is 10. The van der Waals surface area contributed by atoms with Crippen LogP contribution in [0, 0.1) is 0 Å². The number of nitrogens with one attached hydrogen (secondary N) is 1. The number of hydrogen-bond donors (Lipinski definition) is 1. The predicted molar refractivity (Wildman–Crippen MR) is 165 cm³/mol. The third-order valence-electron chi connectivity index (χ3n) is 7.46. The van der Waals surface area contributed by atoms with Crippen molar-refractivity contribution in [3.63, 3.8) is 0 Å². The lowest BCUT2D eigenvalue weighted by Crippen LogP contribution is -2.32. The fourth-order valence-corrected chi connectivity index (χ4v) is 6.59. The van der Waals surface area contributed by atoms with Gasteiger partial charge in [0.2, 0.25) is 0 Å². The maximum absolute atomic E-state index is 13.4. The Morgan fingerprint density at radius 3 is 2.27 bits per heavy atom. The Balaban J connectivity index is 1.24. The first-order valence-electron chi connectivity index (χ1n) is 14.7. The van der Waals surface area contributed by atoms with Crippen LogP contribution in [-0.4, -0.2) is 40.5 Å². The minimum absolute atomic E-state index is 0.212. The highest BCUT2D eigenvalue weighted by Gasteiger charge is 2.29. The van der Waals surface area contributed by atoms with Crippen LogP contribution in [0.1, 0.15) is 70.7 Å². The molecule has 44 heavy (non-hydrogen) atoms. The Labute approximate surface area is 257 Å². The second kappa shape index (κ2) is 12.8. The van der Waals surface area contributed by atoms with Gasteiger partial charge in [-0.2, -0.15) is 0 Å². The summed E-state index contributed by atoms with van der Waals surface area (Å²) in [7, 11) is 0. The minimum atomic E-state index is -1.08. The number of furan rings is 2. The Kier molecular flexibility index (Phi) is 8.56. The lowest BCUT2D eigenvalue weighted by molar-refractivity contribution is -0.124. The van der Waals surface area contributed by atoms with Gasteiger partial charge in [-0.3, -0.25) is 4.79 Å². The summed E-state index contributed by atoms with van der Waals surface area (Å²) in [6, 6.07) is 11.9. The summed E-state index contributed by atoms with van der Waals surface area (Å²) in [6.45, 7) is 3.74. The number of carbonyl (C=O) groups is 3.